The number of carbonyl (C=O) groups is 1. The van der Waals surface area contributed by atoms with Crippen LogP contribution < -0.4 is 0 Å². The predicted octanol–water partition coefficient (Wildman–Crippen LogP) is 4.82. The zero-order valence-corrected chi connectivity index (χ0v) is 17.5. The Kier molecular flexibility index (Phi) is 5.57. The summed E-state index contributed by atoms with van der Waals surface area (Å²) in [6.45, 7) is 5.28. The van der Waals surface area contributed by atoms with Crippen LogP contribution in [0.1, 0.15) is 36.1 Å². The Hall–Kier alpha value is -2.06. The first kappa shape index (κ1) is 21.2. The van der Waals surface area contributed by atoms with Gasteiger partial charge in [-0.1, -0.05) is 11.6 Å². The molecule has 162 valence electrons. The summed E-state index contributed by atoms with van der Waals surface area (Å²) < 4.78 is 40.6. The highest BCUT2D eigenvalue weighted by molar-refractivity contribution is 6.30. The number of aromatic nitrogens is 2. The number of likely N-dealkylation sites (tertiary alicyclic amines) is 2. The highest BCUT2D eigenvalue weighted by atomic mass is 35.5. The van der Waals surface area contributed by atoms with Crippen LogP contribution in [0.2, 0.25) is 5.02 Å². The van der Waals surface area contributed by atoms with Gasteiger partial charge in [0.2, 0.25) is 0 Å². The second kappa shape index (κ2) is 7.89. The first-order chi connectivity index (χ1) is 14.1. The van der Waals surface area contributed by atoms with E-state index in [-0.39, 0.29) is 16.5 Å². The van der Waals surface area contributed by atoms with E-state index in [0.717, 1.165) is 44.1 Å². The van der Waals surface area contributed by atoms with E-state index >= 15 is 0 Å². The second-order valence-electron chi connectivity index (χ2n) is 8.48. The lowest BCUT2D eigenvalue weighted by atomic mass is 9.78. The first-order valence-electron chi connectivity index (χ1n) is 10.0. The highest BCUT2D eigenvalue weighted by Gasteiger charge is 2.41. The summed E-state index contributed by atoms with van der Waals surface area (Å²) in [6, 6.07) is 5.45. The Morgan fingerprint density at radius 3 is 2.50 bits per heavy atom. The molecule has 9 heteroatoms. The molecular weight excluding hydrogens is 417 g/mol. The number of nitrogens with zero attached hydrogens (tertiary/aromatic N) is 4. The number of piperidine rings is 1. The lowest BCUT2D eigenvalue weighted by Crippen LogP contribution is -2.45. The van der Waals surface area contributed by atoms with E-state index in [1.807, 2.05) is 11.8 Å². The molecule has 1 aromatic carbocycles. The van der Waals surface area contributed by atoms with Gasteiger partial charge in [0.15, 0.2) is 0 Å². The van der Waals surface area contributed by atoms with E-state index < -0.39 is 11.7 Å². The molecule has 3 heterocycles. The standard InChI is InChI=1S/C21H24ClF3N4O/c1-15-2-6-29(26-15)19(30)28-8-4-20(5-9-28)3-7-27(14-20)13-16-10-17(21(23,24)25)12-18(22)11-16/h2,6,10-12H,3-5,7-9,13-14H2,1H3. The largest absolute Gasteiger partial charge is 0.416 e. The quantitative estimate of drug-likeness (QED) is 0.672. The zero-order valence-electron chi connectivity index (χ0n) is 16.8. The van der Waals surface area contributed by atoms with Crippen molar-refractivity contribution in [2.45, 2.75) is 38.9 Å². The lowest BCUT2D eigenvalue weighted by molar-refractivity contribution is -0.137. The lowest BCUT2D eigenvalue weighted by Gasteiger charge is -2.39. The average molecular weight is 441 g/mol. The van der Waals surface area contributed by atoms with Crippen molar-refractivity contribution >= 4 is 17.6 Å². The van der Waals surface area contributed by atoms with E-state index in [4.69, 9.17) is 11.6 Å². The molecule has 0 N–H and O–H groups in total. The van der Waals surface area contributed by atoms with E-state index in [9.17, 15) is 18.0 Å². The molecule has 4 rings (SSSR count). The molecule has 0 radical (unpaired) electrons. The van der Waals surface area contributed by atoms with Gasteiger partial charge in [0, 0.05) is 37.4 Å². The minimum atomic E-state index is -4.40. The van der Waals surface area contributed by atoms with Gasteiger partial charge in [0.05, 0.1) is 11.3 Å². The van der Waals surface area contributed by atoms with Crippen molar-refractivity contribution in [2.24, 2.45) is 5.41 Å². The molecule has 0 unspecified atom stereocenters. The summed E-state index contributed by atoms with van der Waals surface area (Å²) in [7, 11) is 0. The fourth-order valence-electron chi connectivity index (χ4n) is 4.57. The summed E-state index contributed by atoms with van der Waals surface area (Å²) in [5.41, 5.74) is 0.786. The zero-order chi connectivity index (χ0) is 21.5. The number of hydrogen-bond donors (Lipinski definition) is 0. The highest BCUT2D eigenvalue weighted by Crippen LogP contribution is 2.41. The summed E-state index contributed by atoms with van der Waals surface area (Å²) in [5, 5.41) is 4.30. The van der Waals surface area contributed by atoms with Crippen LogP contribution in [0.15, 0.2) is 30.5 Å². The maximum atomic E-state index is 13.1. The van der Waals surface area contributed by atoms with Crippen LogP contribution in [-0.4, -0.2) is 51.8 Å². The number of rotatable bonds is 2. The summed E-state index contributed by atoms with van der Waals surface area (Å²) in [5.74, 6) is 0. The van der Waals surface area contributed by atoms with Crippen molar-refractivity contribution < 1.29 is 18.0 Å². The molecule has 1 amide bonds. The fourth-order valence-corrected chi connectivity index (χ4v) is 4.83. The van der Waals surface area contributed by atoms with Gasteiger partial charge in [0.25, 0.3) is 0 Å². The van der Waals surface area contributed by atoms with Crippen molar-refractivity contribution in [2.75, 3.05) is 26.2 Å². The van der Waals surface area contributed by atoms with Crippen LogP contribution in [0, 0.1) is 12.3 Å². The van der Waals surface area contributed by atoms with E-state index in [2.05, 4.69) is 10.00 Å². The van der Waals surface area contributed by atoms with Gasteiger partial charge >= 0.3 is 12.2 Å². The molecule has 2 aliphatic heterocycles. The molecule has 0 aliphatic carbocycles. The average Bonchev–Trinajstić information content (AvgIpc) is 3.27. The molecule has 1 spiro atoms. The van der Waals surface area contributed by atoms with Crippen LogP contribution in [0.3, 0.4) is 0 Å². The smallest absolute Gasteiger partial charge is 0.323 e. The predicted molar refractivity (Wildman–Crippen MR) is 107 cm³/mol. The molecule has 0 bridgehead atoms. The second-order valence-corrected chi connectivity index (χ2v) is 8.91. The molecule has 2 aliphatic rings. The maximum Gasteiger partial charge on any atom is 0.416 e. The molecule has 5 nitrogen and oxygen atoms in total. The number of amides is 1. The van der Waals surface area contributed by atoms with Crippen LogP contribution in [0.25, 0.3) is 0 Å². The Labute approximate surface area is 178 Å². The molecule has 1 aromatic heterocycles. The van der Waals surface area contributed by atoms with Crippen molar-refractivity contribution in [3.05, 3.63) is 52.3 Å². The van der Waals surface area contributed by atoms with Gasteiger partial charge in [-0.2, -0.15) is 23.0 Å². The normalized spacial score (nSPS) is 19.6. The van der Waals surface area contributed by atoms with Crippen LogP contribution >= 0.6 is 11.6 Å². The van der Waals surface area contributed by atoms with E-state index in [1.165, 1.54) is 10.7 Å². The number of carbonyl (C=O) groups excluding carboxylic acids is 1. The van der Waals surface area contributed by atoms with Crippen molar-refractivity contribution in [1.82, 2.24) is 19.6 Å². The van der Waals surface area contributed by atoms with E-state index in [0.29, 0.717) is 25.2 Å². The molecule has 0 atom stereocenters. The number of halogens is 4. The molecule has 2 aromatic rings. The van der Waals surface area contributed by atoms with Gasteiger partial charge in [-0.25, -0.2) is 4.79 Å². The van der Waals surface area contributed by atoms with Crippen LogP contribution in [0.4, 0.5) is 18.0 Å². The molecule has 2 saturated heterocycles. The third-order valence-electron chi connectivity index (χ3n) is 6.22. The van der Waals surface area contributed by atoms with E-state index in [1.54, 1.807) is 18.3 Å². The number of aryl methyl sites for hydroxylation is 1. The van der Waals surface area contributed by atoms with Crippen molar-refractivity contribution in [3.63, 3.8) is 0 Å². The number of hydrogen-bond acceptors (Lipinski definition) is 3. The minimum Gasteiger partial charge on any atom is -0.323 e. The minimum absolute atomic E-state index is 0.105. The summed E-state index contributed by atoms with van der Waals surface area (Å²) in [6.07, 6.45) is 0.0399. The van der Waals surface area contributed by atoms with Crippen LogP contribution in [0.5, 0.6) is 0 Å². The maximum absolute atomic E-state index is 13.1. The monoisotopic (exact) mass is 440 g/mol. The topological polar surface area (TPSA) is 41.4 Å². The van der Waals surface area contributed by atoms with Crippen molar-refractivity contribution in [3.8, 4) is 0 Å². The van der Waals surface area contributed by atoms with Gasteiger partial charge in [0.1, 0.15) is 0 Å². The Balaban J connectivity index is 1.36. The Bertz CT molecular complexity index is 935. The van der Waals surface area contributed by atoms with Gasteiger partial charge < -0.3 is 4.90 Å². The molecule has 30 heavy (non-hydrogen) atoms. The summed E-state index contributed by atoms with van der Waals surface area (Å²) in [4.78, 5) is 16.6. The molecule has 0 saturated carbocycles. The molecular formula is C21H24ClF3N4O. The van der Waals surface area contributed by atoms with Gasteiger partial charge in [-0.05, 0) is 68.0 Å². The Morgan fingerprint density at radius 2 is 1.87 bits per heavy atom. The number of alkyl halides is 3. The molecule has 2 fully saturated rings. The SMILES string of the molecule is Cc1ccn(C(=O)N2CCC3(CCN(Cc4cc(Cl)cc(C(F)(F)F)c4)C3)CC2)n1. The number of benzene rings is 1. The third kappa shape index (κ3) is 4.49. The first-order valence-corrected chi connectivity index (χ1v) is 10.4. The van der Waals surface area contributed by atoms with Gasteiger partial charge in [-0.3, -0.25) is 4.90 Å². The van der Waals surface area contributed by atoms with Gasteiger partial charge in [-0.15, -0.1) is 0 Å². The Morgan fingerprint density at radius 1 is 1.17 bits per heavy atom. The van der Waals surface area contributed by atoms with Crippen LogP contribution in [-0.2, 0) is 12.7 Å². The fraction of sp³-hybridized carbons (Fsp3) is 0.524. The van der Waals surface area contributed by atoms with Crippen molar-refractivity contribution in [1.29, 1.82) is 0 Å². The summed E-state index contributed by atoms with van der Waals surface area (Å²) >= 11 is 5.92. The third-order valence-corrected chi connectivity index (χ3v) is 6.44.